The van der Waals surface area contributed by atoms with Crippen LogP contribution in [-0.2, 0) is 5.41 Å². The SMILES string of the molecule is Cc1cc(C(C)(C)C)c2oc3cc4c5c(c3c2c1)Sc1ccccc1B5c1ccccc1S4. The van der Waals surface area contributed by atoms with E-state index in [4.69, 9.17) is 4.42 Å². The first-order chi connectivity index (χ1) is 15.9. The molecule has 2 aliphatic heterocycles. The Morgan fingerprint density at radius 1 is 0.788 bits per heavy atom. The molecule has 0 spiro atoms. The minimum absolute atomic E-state index is 0.0161. The first-order valence-electron chi connectivity index (χ1n) is 11.5. The van der Waals surface area contributed by atoms with E-state index in [0.29, 0.717) is 0 Å². The summed E-state index contributed by atoms with van der Waals surface area (Å²) in [7, 11) is 0. The zero-order valence-corrected chi connectivity index (χ0v) is 20.8. The van der Waals surface area contributed by atoms with E-state index in [-0.39, 0.29) is 12.1 Å². The number of fused-ring (bicyclic) bond motifs is 8. The maximum Gasteiger partial charge on any atom is 0.247 e. The molecule has 4 heteroatoms. The number of hydrogen-bond donors (Lipinski definition) is 0. The predicted octanol–water partition coefficient (Wildman–Crippen LogP) is 6.64. The molecule has 0 unspecified atom stereocenters. The lowest BCUT2D eigenvalue weighted by Gasteiger charge is -2.33. The van der Waals surface area contributed by atoms with Crippen molar-refractivity contribution < 1.29 is 4.42 Å². The number of aryl methyl sites for hydroxylation is 1. The van der Waals surface area contributed by atoms with E-state index >= 15 is 0 Å². The Kier molecular flexibility index (Phi) is 4.06. The average Bonchev–Trinajstić information content (AvgIpc) is 3.15. The Bertz CT molecular complexity index is 1610. The van der Waals surface area contributed by atoms with Gasteiger partial charge in [0.25, 0.3) is 0 Å². The maximum atomic E-state index is 6.68. The Labute approximate surface area is 203 Å². The maximum absolute atomic E-state index is 6.68. The van der Waals surface area contributed by atoms with Crippen molar-refractivity contribution in [2.45, 2.75) is 52.7 Å². The molecule has 0 N–H and O–H groups in total. The van der Waals surface area contributed by atoms with Crippen molar-refractivity contribution in [1.29, 1.82) is 0 Å². The van der Waals surface area contributed by atoms with Crippen molar-refractivity contribution >= 4 is 68.6 Å². The van der Waals surface area contributed by atoms with Gasteiger partial charge in [0.05, 0.1) is 0 Å². The normalized spacial score (nSPS) is 14.4. The second kappa shape index (κ2) is 6.74. The molecular weight excluding hydrogens is 439 g/mol. The lowest BCUT2D eigenvalue weighted by molar-refractivity contribution is 0.572. The Morgan fingerprint density at radius 2 is 1.45 bits per heavy atom. The second-order valence-corrected chi connectivity index (χ2v) is 12.4. The highest BCUT2D eigenvalue weighted by Gasteiger charge is 2.39. The van der Waals surface area contributed by atoms with Crippen molar-refractivity contribution in [1.82, 2.24) is 0 Å². The van der Waals surface area contributed by atoms with E-state index in [1.54, 1.807) is 0 Å². The zero-order chi connectivity index (χ0) is 22.5. The quantitative estimate of drug-likeness (QED) is 0.235. The third kappa shape index (κ3) is 2.77. The molecule has 0 radical (unpaired) electrons. The van der Waals surface area contributed by atoms with Crippen LogP contribution in [0.5, 0.6) is 0 Å². The standard InChI is InChI=1S/C29H23BOS2/c1-16-13-17-25-21(31-27(17)18(14-16)29(2,3)4)15-24-26-28(25)33-23-12-8-6-10-20(23)30(26)19-9-5-7-11-22(19)32-24/h5-15H,1-4H3. The molecule has 0 amide bonds. The molecule has 33 heavy (non-hydrogen) atoms. The fourth-order valence-electron chi connectivity index (χ4n) is 5.49. The Morgan fingerprint density at radius 3 is 2.15 bits per heavy atom. The lowest BCUT2D eigenvalue weighted by Crippen LogP contribution is -2.57. The summed E-state index contributed by atoms with van der Waals surface area (Å²) in [5.41, 5.74) is 8.93. The van der Waals surface area contributed by atoms with E-state index in [1.807, 2.05) is 23.5 Å². The van der Waals surface area contributed by atoms with Gasteiger partial charge in [-0.2, -0.15) is 0 Å². The Hall–Kier alpha value is -2.56. The lowest BCUT2D eigenvalue weighted by atomic mass is 9.36. The first kappa shape index (κ1) is 19.9. The molecule has 0 bridgehead atoms. The van der Waals surface area contributed by atoms with E-state index in [1.165, 1.54) is 57.9 Å². The van der Waals surface area contributed by atoms with Crippen LogP contribution in [0.25, 0.3) is 21.9 Å². The molecule has 0 atom stereocenters. The van der Waals surface area contributed by atoms with Gasteiger partial charge in [0, 0.05) is 35.9 Å². The third-order valence-corrected chi connectivity index (χ3v) is 9.32. The minimum Gasteiger partial charge on any atom is -0.456 e. The largest absolute Gasteiger partial charge is 0.456 e. The molecule has 0 saturated carbocycles. The number of furan rings is 1. The number of hydrogen-bond acceptors (Lipinski definition) is 3. The fourth-order valence-corrected chi connectivity index (χ4v) is 8.06. The summed E-state index contributed by atoms with van der Waals surface area (Å²) in [5, 5.41) is 2.53. The molecule has 3 heterocycles. The molecule has 1 aromatic heterocycles. The highest BCUT2D eigenvalue weighted by molar-refractivity contribution is 8.01. The van der Waals surface area contributed by atoms with Gasteiger partial charge in [-0.3, -0.25) is 0 Å². The predicted molar refractivity (Wildman–Crippen MR) is 143 cm³/mol. The van der Waals surface area contributed by atoms with Crippen molar-refractivity contribution in [2.24, 2.45) is 0 Å². The first-order valence-corrected chi connectivity index (χ1v) is 13.1. The van der Waals surface area contributed by atoms with Gasteiger partial charge in [-0.1, -0.05) is 97.7 Å². The molecule has 1 nitrogen and oxygen atoms in total. The van der Waals surface area contributed by atoms with Gasteiger partial charge >= 0.3 is 0 Å². The van der Waals surface area contributed by atoms with E-state index in [9.17, 15) is 0 Å². The summed E-state index contributed by atoms with van der Waals surface area (Å²) >= 11 is 3.81. The summed E-state index contributed by atoms with van der Waals surface area (Å²) in [6.07, 6.45) is 0. The van der Waals surface area contributed by atoms with Crippen molar-refractivity contribution in [3.63, 3.8) is 0 Å². The van der Waals surface area contributed by atoms with Gasteiger partial charge in [-0.15, -0.1) is 0 Å². The van der Waals surface area contributed by atoms with Crippen LogP contribution in [-0.4, -0.2) is 6.71 Å². The van der Waals surface area contributed by atoms with Crippen LogP contribution in [0.1, 0.15) is 31.9 Å². The van der Waals surface area contributed by atoms with Crippen LogP contribution < -0.4 is 16.4 Å². The molecule has 0 saturated heterocycles. The van der Waals surface area contributed by atoms with Crippen molar-refractivity contribution in [3.8, 4) is 0 Å². The van der Waals surface area contributed by atoms with Crippen LogP contribution in [0.15, 0.2) is 90.7 Å². The van der Waals surface area contributed by atoms with Gasteiger partial charge in [0.15, 0.2) is 0 Å². The highest BCUT2D eigenvalue weighted by atomic mass is 32.2. The summed E-state index contributed by atoms with van der Waals surface area (Å²) in [4.78, 5) is 5.41. The summed E-state index contributed by atoms with van der Waals surface area (Å²) in [6, 6.07) is 24.8. The van der Waals surface area contributed by atoms with E-state index < -0.39 is 0 Å². The molecule has 0 fully saturated rings. The molecule has 5 aromatic rings. The van der Waals surface area contributed by atoms with Gasteiger partial charge in [0.2, 0.25) is 6.71 Å². The van der Waals surface area contributed by atoms with Crippen LogP contribution >= 0.6 is 23.5 Å². The molecular formula is C29H23BOS2. The van der Waals surface area contributed by atoms with Gasteiger partial charge in [-0.25, -0.2) is 0 Å². The van der Waals surface area contributed by atoms with E-state index in [0.717, 1.165) is 11.2 Å². The van der Waals surface area contributed by atoms with Gasteiger partial charge in [-0.05, 0) is 47.6 Å². The minimum atomic E-state index is 0.0161. The van der Waals surface area contributed by atoms with Gasteiger partial charge < -0.3 is 4.42 Å². The molecule has 4 aromatic carbocycles. The van der Waals surface area contributed by atoms with Crippen LogP contribution in [0.2, 0.25) is 0 Å². The molecule has 0 aliphatic carbocycles. The Balaban J connectivity index is 1.64. The summed E-state index contributed by atoms with van der Waals surface area (Å²) in [6.45, 7) is 9.30. The highest BCUT2D eigenvalue weighted by Crippen LogP contribution is 2.46. The van der Waals surface area contributed by atoms with Crippen LogP contribution in [0.4, 0.5) is 0 Å². The van der Waals surface area contributed by atoms with Crippen LogP contribution in [0, 0.1) is 6.92 Å². The fraction of sp³-hybridized carbons (Fsp3) is 0.172. The number of rotatable bonds is 0. The number of benzene rings is 4. The zero-order valence-electron chi connectivity index (χ0n) is 19.2. The third-order valence-electron chi connectivity index (χ3n) is 6.95. The summed E-state index contributed by atoms with van der Waals surface area (Å²) < 4.78 is 6.68. The van der Waals surface area contributed by atoms with Gasteiger partial charge in [0.1, 0.15) is 11.2 Å². The monoisotopic (exact) mass is 462 g/mol. The smallest absolute Gasteiger partial charge is 0.247 e. The topological polar surface area (TPSA) is 13.1 Å². The van der Waals surface area contributed by atoms with E-state index in [2.05, 4.69) is 94.4 Å². The molecule has 2 aliphatic rings. The average molecular weight is 462 g/mol. The van der Waals surface area contributed by atoms with Crippen molar-refractivity contribution in [2.75, 3.05) is 0 Å². The second-order valence-electron chi connectivity index (χ2n) is 10.2. The molecule has 160 valence electrons. The molecule has 7 rings (SSSR count). The van der Waals surface area contributed by atoms with Crippen molar-refractivity contribution in [3.05, 3.63) is 77.9 Å². The summed E-state index contributed by atoms with van der Waals surface area (Å²) in [5.74, 6) is 0. The van der Waals surface area contributed by atoms with Crippen LogP contribution in [0.3, 0.4) is 0 Å².